The first kappa shape index (κ1) is 27.9. The Kier molecular flexibility index (Phi) is 8.29. The lowest BCUT2D eigenvalue weighted by Crippen LogP contribution is -2.20. The summed E-state index contributed by atoms with van der Waals surface area (Å²) < 4.78 is 38.5. The van der Waals surface area contributed by atoms with Crippen LogP contribution in [0, 0.1) is 0 Å². The maximum Gasteiger partial charge on any atom is 0.331 e. The molecule has 0 unspecified atom stereocenters. The van der Waals surface area contributed by atoms with Gasteiger partial charge in [-0.2, -0.15) is 0 Å². The van der Waals surface area contributed by atoms with Gasteiger partial charge < -0.3 is 9.47 Å². The third-order valence-corrected chi connectivity index (χ3v) is 7.21. The van der Waals surface area contributed by atoms with Crippen LogP contribution in [0.15, 0.2) is 42.5 Å². The summed E-state index contributed by atoms with van der Waals surface area (Å²) in [5, 5.41) is 0.988. The third-order valence-electron chi connectivity index (χ3n) is 5.98. The number of alkyl halides is 2. The van der Waals surface area contributed by atoms with Gasteiger partial charge in [0.05, 0.1) is 6.61 Å². The average molecular weight is 515 g/mol. The smallest absolute Gasteiger partial charge is 0.331 e. The van der Waals surface area contributed by atoms with Gasteiger partial charge in [-0.15, -0.1) is 11.3 Å². The van der Waals surface area contributed by atoms with Gasteiger partial charge in [0.15, 0.2) is 0 Å². The van der Waals surface area contributed by atoms with Crippen molar-refractivity contribution in [3.8, 4) is 16.9 Å². The highest BCUT2D eigenvalue weighted by Gasteiger charge is 2.28. The highest BCUT2D eigenvalue weighted by Crippen LogP contribution is 2.46. The monoisotopic (exact) mass is 514 g/mol. The molecule has 6 heteroatoms. The molecule has 0 saturated carbocycles. The summed E-state index contributed by atoms with van der Waals surface area (Å²) in [6, 6.07) is 12.2. The van der Waals surface area contributed by atoms with E-state index in [-0.39, 0.29) is 16.8 Å². The Morgan fingerprint density at radius 3 is 2.31 bits per heavy atom. The zero-order valence-corrected chi connectivity index (χ0v) is 23.2. The van der Waals surface area contributed by atoms with Crippen molar-refractivity contribution in [2.45, 2.75) is 72.6 Å². The normalized spacial score (nSPS) is 12.9. The molecule has 0 aliphatic carbocycles. The van der Waals surface area contributed by atoms with Gasteiger partial charge in [0.1, 0.15) is 12.4 Å². The lowest BCUT2D eigenvalue weighted by molar-refractivity contribution is -0.137. The first-order valence-electron chi connectivity index (χ1n) is 12.2. The standard InChI is InChI=1S/C30H36F2O3S/c1-9-34-27(33)13-18(2)25-16-21-20(11-10-12-24(21)36-25)22-14-19(29(3,4)5)15-23(30(6,7)8)28(22)35-17-26(31)32/h10-16,26H,9,17H2,1-8H3/b18-13+. The number of carbonyl (C=O) groups is 1. The van der Waals surface area contributed by atoms with E-state index in [1.165, 1.54) is 6.08 Å². The summed E-state index contributed by atoms with van der Waals surface area (Å²) in [7, 11) is 0. The minimum absolute atomic E-state index is 0.150. The number of halogens is 2. The zero-order valence-electron chi connectivity index (χ0n) is 22.4. The van der Waals surface area contributed by atoms with Gasteiger partial charge in [-0.1, -0.05) is 59.7 Å². The molecule has 1 heterocycles. The van der Waals surface area contributed by atoms with E-state index >= 15 is 0 Å². The van der Waals surface area contributed by atoms with Crippen molar-refractivity contribution in [2.24, 2.45) is 0 Å². The Labute approximate surface area is 217 Å². The molecule has 0 N–H and O–H groups in total. The molecule has 1 aromatic heterocycles. The SMILES string of the molecule is CCOC(=O)/C=C(\C)c1cc2c(-c3cc(C(C)(C)C)cc(C(C)(C)C)c3OCC(F)F)cccc2s1. The van der Waals surface area contributed by atoms with Crippen molar-refractivity contribution < 1.29 is 23.0 Å². The molecular formula is C30H36F2O3S. The Balaban J connectivity index is 2.30. The summed E-state index contributed by atoms with van der Waals surface area (Å²) in [5.41, 5.74) is 4.07. The number of benzene rings is 2. The maximum absolute atomic E-state index is 13.3. The van der Waals surface area contributed by atoms with Crippen molar-refractivity contribution in [1.29, 1.82) is 0 Å². The summed E-state index contributed by atoms with van der Waals surface area (Å²) >= 11 is 1.58. The van der Waals surface area contributed by atoms with Crippen LogP contribution in [0.1, 0.15) is 71.4 Å². The van der Waals surface area contributed by atoms with Crippen LogP contribution in [0.4, 0.5) is 8.78 Å². The van der Waals surface area contributed by atoms with Crippen LogP contribution in [-0.4, -0.2) is 25.6 Å². The van der Waals surface area contributed by atoms with E-state index in [0.717, 1.165) is 42.8 Å². The van der Waals surface area contributed by atoms with E-state index in [1.54, 1.807) is 18.3 Å². The van der Waals surface area contributed by atoms with Gasteiger partial charge >= 0.3 is 5.97 Å². The molecular weight excluding hydrogens is 478 g/mol. The Morgan fingerprint density at radius 2 is 1.72 bits per heavy atom. The number of hydrogen-bond donors (Lipinski definition) is 0. The van der Waals surface area contributed by atoms with Crippen molar-refractivity contribution in [3.05, 3.63) is 58.5 Å². The van der Waals surface area contributed by atoms with Gasteiger partial charge in [-0.25, -0.2) is 13.6 Å². The van der Waals surface area contributed by atoms with Crippen molar-refractivity contribution in [3.63, 3.8) is 0 Å². The average Bonchev–Trinajstić information content (AvgIpc) is 3.20. The van der Waals surface area contributed by atoms with Crippen molar-refractivity contribution in [1.82, 2.24) is 0 Å². The van der Waals surface area contributed by atoms with E-state index in [2.05, 4.69) is 59.7 Å². The number of ether oxygens (including phenoxy) is 2. The van der Waals surface area contributed by atoms with Gasteiger partial charge in [0.2, 0.25) is 0 Å². The lowest BCUT2D eigenvalue weighted by Gasteiger charge is -2.29. The number of fused-ring (bicyclic) bond motifs is 1. The van der Waals surface area contributed by atoms with Gasteiger partial charge in [0.25, 0.3) is 6.43 Å². The molecule has 3 nitrogen and oxygen atoms in total. The van der Waals surface area contributed by atoms with Crippen LogP contribution in [0.3, 0.4) is 0 Å². The molecule has 0 atom stereocenters. The Morgan fingerprint density at radius 1 is 1.03 bits per heavy atom. The maximum atomic E-state index is 13.3. The van der Waals surface area contributed by atoms with E-state index < -0.39 is 13.0 Å². The molecule has 0 radical (unpaired) electrons. The van der Waals surface area contributed by atoms with E-state index in [9.17, 15) is 13.6 Å². The Hall–Kier alpha value is -2.73. The number of allylic oxidation sites excluding steroid dienone is 1. The molecule has 3 rings (SSSR count). The molecule has 194 valence electrons. The Bertz CT molecular complexity index is 1270. The number of carbonyl (C=O) groups excluding carboxylic acids is 1. The molecule has 36 heavy (non-hydrogen) atoms. The van der Waals surface area contributed by atoms with E-state index in [1.807, 2.05) is 25.1 Å². The number of thiophene rings is 1. The predicted octanol–water partition coefficient (Wildman–Crippen LogP) is 8.77. The number of hydrogen-bond acceptors (Lipinski definition) is 4. The first-order chi connectivity index (χ1) is 16.7. The highest BCUT2D eigenvalue weighted by molar-refractivity contribution is 7.20. The largest absolute Gasteiger partial charge is 0.487 e. The predicted molar refractivity (Wildman–Crippen MR) is 146 cm³/mol. The third kappa shape index (κ3) is 6.33. The van der Waals surface area contributed by atoms with Crippen LogP contribution in [-0.2, 0) is 20.4 Å². The summed E-state index contributed by atoms with van der Waals surface area (Å²) in [5.74, 6) is 0.123. The summed E-state index contributed by atoms with van der Waals surface area (Å²) in [6.45, 7) is 16.0. The van der Waals surface area contributed by atoms with Crippen LogP contribution in [0.5, 0.6) is 5.75 Å². The minimum Gasteiger partial charge on any atom is -0.487 e. The summed E-state index contributed by atoms with van der Waals surface area (Å²) in [6.07, 6.45) is -1.07. The first-order valence-corrected chi connectivity index (χ1v) is 13.0. The quantitative estimate of drug-likeness (QED) is 0.233. The van der Waals surface area contributed by atoms with Crippen molar-refractivity contribution >= 4 is 33.0 Å². The second-order valence-electron chi connectivity index (χ2n) is 11.0. The zero-order chi connectivity index (χ0) is 26.8. The molecule has 2 aromatic carbocycles. The molecule has 0 spiro atoms. The number of esters is 1. The molecule has 3 aromatic rings. The fourth-order valence-corrected chi connectivity index (χ4v) is 5.10. The van der Waals surface area contributed by atoms with Gasteiger partial charge in [0, 0.05) is 32.2 Å². The van der Waals surface area contributed by atoms with Crippen LogP contribution >= 0.6 is 11.3 Å². The van der Waals surface area contributed by atoms with Crippen LogP contribution in [0.2, 0.25) is 0 Å². The van der Waals surface area contributed by atoms with E-state index in [0.29, 0.717) is 12.4 Å². The fraction of sp³-hybridized carbons (Fsp3) is 0.433. The molecule has 0 fully saturated rings. The van der Waals surface area contributed by atoms with Crippen molar-refractivity contribution in [2.75, 3.05) is 13.2 Å². The van der Waals surface area contributed by atoms with Gasteiger partial charge in [-0.05, 0) is 59.6 Å². The molecule has 0 aliphatic rings. The molecule has 0 bridgehead atoms. The topological polar surface area (TPSA) is 35.5 Å². The summed E-state index contributed by atoms with van der Waals surface area (Å²) in [4.78, 5) is 12.9. The number of rotatable bonds is 7. The van der Waals surface area contributed by atoms with Gasteiger partial charge in [-0.3, -0.25) is 0 Å². The van der Waals surface area contributed by atoms with Crippen LogP contribution in [0.25, 0.3) is 26.8 Å². The highest BCUT2D eigenvalue weighted by atomic mass is 32.1. The van der Waals surface area contributed by atoms with E-state index in [4.69, 9.17) is 9.47 Å². The van der Waals surface area contributed by atoms with Crippen LogP contribution < -0.4 is 4.74 Å². The second kappa shape index (κ2) is 10.7. The molecule has 0 amide bonds. The molecule has 0 saturated heterocycles. The lowest BCUT2D eigenvalue weighted by atomic mass is 9.78. The molecule has 0 aliphatic heterocycles. The fourth-order valence-electron chi connectivity index (χ4n) is 4.04. The second-order valence-corrected chi connectivity index (χ2v) is 12.1. The minimum atomic E-state index is -2.58.